The Hall–Kier alpha value is -2.30. The lowest BCUT2D eigenvalue weighted by molar-refractivity contribution is -0.129. The van der Waals surface area contributed by atoms with Gasteiger partial charge < -0.3 is 14.7 Å². The number of ketones is 1. The molecular formula is C21H29NO4. The van der Waals surface area contributed by atoms with Gasteiger partial charge in [0.05, 0.1) is 18.7 Å². The molecule has 2 rings (SSSR count). The van der Waals surface area contributed by atoms with E-state index in [9.17, 15) is 14.7 Å². The summed E-state index contributed by atoms with van der Waals surface area (Å²) in [5, 5.41) is 10.5. The Morgan fingerprint density at radius 2 is 1.96 bits per heavy atom. The van der Waals surface area contributed by atoms with Crippen LogP contribution in [0.2, 0.25) is 0 Å². The van der Waals surface area contributed by atoms with Gasteiger partial charge in [-0.05, 0) is 24.1 Å². The molecule has 5 nitrogen and oxygen atoms in total. The summed E-state index contributed by atoms with van der Waals surface area (Å²) in [7, 11) is 1.58. The summed E-state index contributed by atoms with van der Waals surface area (Å²) in [6, 6.07) is 6.75. The van der Waals surface area contributed by atoms with Gasteiger partial charge in [-0.25, -0.2) is 0 Å². The molecule has 0 bridgehead atoms. The summed E-state index contributed by atoms with van der Waals surface area (Å²) < 4.78 is 5.30. The topological polar surface area (TPSA) is 66.8 Å². The molecular weight excluding hydrogens is 330 g/mol. The van der Waals surface area contributed by atoms with Crippen LogP contribution in [0.1, 0.15) is 58.6 Å². The van der Waals surface area contributed by atoms with Crippen LogP contribution in [0.3, 0.4) is 0 Å². The molecule has 1 N–H and O–H groups in total. The molecule has 0 radical (unpaired) electrons. The van der Waals surface area contributed by atoms with Crippen LogP contribution in [-0.4, -0.2) is 35.4 Å². The first-order valence-electron chi connectivity index (χ1n) is 9.15. The molecule has 1 aliphatic heterocycles. The number of methoxy groups -OCH3 is 1. The summed E-state index contributed by atoms with van der Waals surface area (Å²) >= 11 is 0. The molecule has 0 fully saturated rings. The molecule has 1 unspecified atom stereocenters. The van der Waals surface area contributed by atoms with Crippen molar-refractivity contribution in [2.24, 2.45) is 5.41 Å². The van der Waals surface area contributed by atoms with Gasteiger partial charge in [0.15, 0.2) is 11.5 Å². The van der Waals surface area contributed by atoms with Crippen molar-refractivity contribution in [2.75, 3.05) is 13.7 Å². The molecule has 1 aromatic carbocycles. The second-order valence-electron chi connectivity index (χ2n) is 7.73. The Balaban J connectivity index is 2.52. The highest BCUT2D eigenvalue weighted by molar-refractivity contribution is 6.10. The second-order valence-corrected chi connectivity index (χ2v) is 7.73. The molecule has 0 aromatic heterocycles. The van der Waals surface area contributed by atoms with Crippen molar-refractivity contribution in [1.82, 2.24) is 4.90 Å². The highest BCUT2D eigenvalue weighted by Crippen LogP contribution is 2.41. The quantitative estimate of drug-likeness (QED) is 0.741. The summed E-state index contributed by atoms with van der Waals surface area (Å²) in [6.45, 7) is 7.97. The number of hydrogen-bond donors (Lipinski definition) is 1. The van der Waals surface area contributed by atoms with E-state index in [1.807, 2.05) is 24.3 Å². The molecule has 1 atom stereocenters. The minimum Gasteiger partial charge on any atom is -0.503 e. The van der Waals surface area contributed by atoms with E-state index in [0.29, 0.717) is 12.3 Å². The maximum absolute atomic E-state index is 13.0. The Kier molecular flexibility index (Phi) is 6.11. The lowest BCUT2D eigenvalue weighted by Crippen LogP contribution is -2.33. The van der Waals surface area contributed by atoms with Crippen LogP contribution < -0.4 is 4.74 Å². The number of nitrogens with zero attached hydrogens (tertiary/aromatic N) is 1. The van der Waals surface area contributed by atoms with Crippen molar-refractivity contribution >= 4 is 11.7 Å². The zero-order chi connectivity index (χ0) is 19.5. The monoisotopic (exact) mass is 359 g/mol. The Labute approximate surface area is 155 Å². The standard InChI is InChI=1S/C21H29NO4/c1-6-7-8-12-22-17(14-10-9-11-15(13-14)26-5)16(18(23)20(22)25)19(24)21(2,3)4/h9-11,13,17,23H,6-8,12H2,1-5H3. The molecule has 5 heteroatoms. The van der Waals surface area contributed by atoms with Crippen molar-refractivity contribution in [3.63, 3.8) is 0 Å². The molecule has 1 aliphatic rings. The van der Waals surface area contributed by atoms with E-state index in [4.69, 9.17) is 4.74 Å². The van der Waals surface area contributed by atoms with Gasteiger partial charge in [0, 0.05) is 12.0 Å². The Morgan fingerprint density at radius 1 is 1.27 bits per heavy atom. The van der Waals surface area contributed by atoms with Crippen LogP contribution in [0.5, 0.6) is 5.75 Å². The first-order chi connectivity index (χ1) is 12.2. The zero-order valence-electron chi connectivity index (χ0n) is 16.3. The number of amides is 1. The predicted molar refractivity (Wildman–Crippen MR) is 101 cm³/mol. The third kappa shape index (κ3) is 3.92. The highest BCUT2D eigenvalue weighted by atomic mass is 16.5. The molecule has 26 heavy (non-hydrogen) atoms. The van der Waals surface area contributed by atoms with Crippen molar-refractivity contribution in [3.8, 4) is 5.75 Å². The normalized spacial score (nSPS) is 17.8. The maximum Gasteiger partial charge on any atom is 0.290 e. The highest BCUT2D eigenvalue weighted by Gasteiger charge is 2.45. The van der Waals surface area contributed by atoms with E-state index in [2.05, 4.69) is 6.92 Å². The molecule has 0 spiro atoms. The van der Waals surface area contributed by atoms with E-state index in [0.717, 1.165) is 24.8 Å². The van der Waals surface area contributed by atoms with E-state index in [1.165, 1.54) is 0 Å². The summed E-state index contributed by atoms with van der Waals surface area (Å²) in [4.78, 5) is 27.3. The number of ether oxygens (including phenoxy) is 1. The number of hydrogen-bond acceptors (Lipinski definition) is 4. The van der Waals surface area contributed by atoms with Gasteiger partial charge >= 0.3 is 0 Å². The molecule has 0 aliphatic carbocycles. The van der Waals surface area contributed by atoms with Crippen molar-refractivity contribution in [2.45, 2.75) is 53.0 Å². The second kappa shape index (κ2) is 7.94. The Bertz CT molecular complexity index is 715. The van der Waals surface area contributed by atoms with Crippen LogP contribution in [0.25, 0.3) is 0 Å². The van der Waals surface area contributed by atoms with Crippen LogP contribution in [0.15, 0.2) is 35.6 Å². The van der Waals surface area contributed by atoms with E-state index >= 15 is 0 Å². The minimum absolute atomic E-state index is 0.187. The molecule has 1 amide bonds. The van der Waals surface area contributed by atoms with Gasteiger partial charge in [-0.15, -0.1) is 0 Å². The van der Waals surface area contributed by atoms with Crippen LogP contribution in [0, 0.1) is 5.41 Å². The largest absolute Gasteiger partial charge is 0.503 e. The molecule has 1 aromatic rings. The molecule has 0 saturated heterocycles. The van der Waals surface area contributed by atoms with Gasteiger partial charge in [-0.3, -0.25) is 9.59 Å². The number of carbonyl (C=O) groups excluding carboxylic acids is 2. The van der Waals surface area contributed by atoms with Crippen LogP contribution in [0.4, 0.5) is 0 Å². The summed E-state index contributed by atoms with van der Waals surface area (Å²) in [5.41, 5.74) is 0.262. The van der Waals surface area contributed by atoms with E-state index in [-0.39, 0.29) is 11.4 Å². The van der Waals surface area contributed by atoms with Crippen LogP contribution in [-0.2, 0) is 9.59 Å². The SMILES string of the molecule is CCCCCN1C(=O)C(O)=C(C(=O)C(C)(C)C)C1c1cccc(OC)c1. The number of aliphatic hydroxyl groups is 1. The van der Waals surface area contributed by atoms with E-state index < -0.39 is 23.1 Å². The lowest BCUT2D eigenvalue weighted by Gasteiger charge is -2.29. The van der Waals surface area contributed by atoms with Crippen molar-refractivity contribution < 1.29 is 19.4 Å². The van der Waals surface area contributed by atoms with Gasteiger partial charge in [0.1, 0.15) is 5.75 Å². The first-order valence-corrected chi connectivity index (χ1v) is 9.15. The fourth-order valence-corrected chi connectivity index (χ4v) is 3.21. The lowest BCUT2D eigenvalue weighted by atomic mass is 9.82. The van der Waals surface area contributed by atoms with Crippen LogP contribution >= 0.6 is 0 Å². The zero-order valence-corrected chi connectivity index (χ0v) is 16.3. The maximum atomic E-state index is 13.0. The molecule has 1 heterocycles. The third-order valence-corrected chi connectivity index (χ3v) is 4.64. The first kappa shape index (κ1) is 20.0. The number of rotatable bonds is 7. The fourth-order valence-electron chi connectivity index (χ4n) is 3.21. The van der Waals surface area contributed by atoms with Gasteiger partial charge in [-0.2, -0.15) is 0 Å². The minimum atomic E-state index is -0.694. The van der Waals surface area contributed by atoms with Gasteiger partial charge in [0.2, 0.25) is 0 Å². The fraction of sp³-hybridized carbons (Fsp3) is 0.524. The number of unbranched alkanes of at least 4 members (excludes halogenated alkanes) is 2. The van der Waals surface area contributed by atoms with Crippen molar-refractivity contribution in [3.05, 3.63) is 41.2 Å². The smallest absolute Gasteiger partial charge is 0.290 e. The third-order valence-electron chi connectivity index (χ3n) is 4.64. The number of benzene rings is 1. The number of carbonyl (C=O) groups is 2. The average molecular weight is 359 g/mol. The predicted octanol–water partition coefficient (Wildman–Crippen LogP) is 4.20. The molecule has 0 saturated carbocycles. The summed E-state index contributed by atoms with van der Waals surface area (Å²) in [5.74, 6) is -0.456. The van der Waals surface area contributed by atoms with Gasteiger partial charge in [-0.1, -0.05) is 52.7 Å². The molecule has 142 valence electrons. The summed E-state index contributed by atoms with van der Waals surface area (Å²) in [6.07, 6.45) is 2.84. The number of aliphatic hydroxyl groups excluding tert-OH is 1. The van der Waals surface area contributed by atoms with E-state index in [1.54, 1.807) is 32.8 Å². The van der Waals surface area contributed by atoms with Crippen molar-refractivity contribution in [1.29, 1.82) is 0 Å². The average Bonchev–Trinajstić information content (AvgIpc) is 2.85. The Morgan fingerprint density at radius 3 is 2.54 bits per heavy atom. The number of Topliss-reactive ketones (excluding diaryl/α,β-unsaturated/α-hetero) is 1. The van der Waals surface area contributed by atoms with Gasteiger partial charge in [0.25, 0.3) is 5.91 Å².